The van der Waals surface area contributed by atoms with Gasteiger partial charge in [0, 0.05) is 23.8 Å². The molecule has 0 amide bonds. The first-order valence-electron chi connectivity index (χ1n) is 6.63. The summed E-state index contributed by atoms with van der Waals surface area (Å²) in [5.74, 6) is 0. The Morgan fingerprint density at radius 3 is 2.45 bits per heavy atom. The lowest BCUT2D eigenvalue weighted by molar-refractivity contribution is 0.282. The number of anilines is 1. The van der Waals surface area contributed by atoms with Crippen LogP contribution >= 0.6 is 0 Å². The van der Waals surface area contributed by atoms with Crippen LogP contribution in [0.15, 0.2) is 60.8 Å². The van der Waals surface area contributed by atoms with E-state index in [0.717, 1.165) is 28.7 Å². The Morgan fingerprint density at radius 2 is 1.65 bits per heavy atom. The van der Waals surface area contributed by atoms with Crippen molar-refractivity contribution in [3.05, 3.63) is 71.9 Å². The zero-order valence-corrected chi connectivity index (χ0v) is 11.1. The maximum atomic E-state index is 9.03. The van der Waals surface area contributed by atoms with E-state index in [2.05, 4.69) is 16.4 Å². The van der Waals surface area contributed by atoms with Gasteiger partial charge in [-0.3, -0.25) is 4.98 Å². The Hall–Kier alpha value is -2.39. The van der Waals surface area contributed by atoms with Crippen LogP contribution in [0.1, 0.15) is 11.1 Å². The highest BCUT2D eigenvalue weighted by molar-refractivity contribution is 5.90. The highest BCUT2D eigenvalue weighted by Gasteiger charge is 2.01. The summed E-state index contributed by atoms with van der Waals surface area (Å²) >= 11 is 0. The van der Waals surface area contributed by atoms with Crippen molar-refractivity contribution in [1.29, 1.82) is 0 Å². The van der Waals surface area contributed by atoms with Gasteiger partial charge < -0.3 is 10.4 Å². The standard InChI is InChI=1S/C17H16N2O/c20-12-14-7-5-13(6-8-14)11-19-17-9-10-18-16-4-2-1-3-15(16)17/h1-10,20H,11-12H2,(H,18,19). The van der Waals surface area contributed by atoms with E-state index in [1.807, 2.05) is 54.7 Å². The fourth-order valence-corrected chi connectivity index (χ4v) is 2.21. The molecule has 0 aliphatic carbocycles. The summed E-state index contributed by atoms with van der Waals surface area (Å²) < 4.78 is 0. The van der Waals surface area contributed by atoms with Crippen LogP contribution in [0.3, 0.4) is 0 Å². The molecular formula is C17H16N2O. The molecule has 0 saturated carbocycles. The molecule has 0 radical (unpaired) electrons. The number of nitrogens with one attached hydrogen (secondary N) is 1. The first-order valence-corrected chi connectivity index (χ1v) is 6.63. The maximum Gasteiger partial charge on any atom is 0.0722 e. The molecule has 0 aliphatic rings. The molecule has 0 unspecified atom stereocenters. The first kappa shape index (κ1) is 12.6. The quantitative estimate of drug-likeness (QED) is 0.759. The molecule has 3 nitrogen and oxygen atoms in total. The molecule has 0 atom stereocenters. The normalized spacial score (nSPS) is 10.7. The van der Waals surface area contributed by atoms with Gasteiger partial charge in [0.25, 0.3) is 0 Å². The topological polar surface area (TPSA) is 45.1 Å². The summed E-state index contributed by atoms with van der Waals surface area (Å²) in [5, 5.41) is 13.6. The number of hydrogen-bond acceptors (Lipinski definition) is 3. The SMILES string of the molecule is OCc1ccc(CNc2ccnc3ccccc23)cc1. The summed E-state index contributed by atoms with van der Waals surface area (Å²) in [5.41, 5.74) is 4.20. The summed E-state index contributed by atoms with van der Waals surface area (Å²) in [6.07, 6.45) is 1.82. The Kier molecular flexibility index (Phi) is 3.61. The molecule has 0 spiro atoms. The van der Waals surface area contributed by atoms with Crippen LogP contribution in [0.5, 0.6) is 0 Å². The minimum atomic E-state index is 0.0860. The fourth-order valence-electron chi connectivity index (χ4n) is 2.21. The van der Waals surface area contributed by atoms with Gasteiger partial charge in [0.05, 0.1) is 12.1 Å². The minimum Gasteiger partial charge on any atom is -0.392 e. The third kappa shape index (κ3) is 2.63. The number of aliphatic hydroxyl groups is 1. The van der Waals surface area contributed by atoms with E-state index in [0.29, 0.717) is 0 Å². The average Bonchev–Trinajstić information content (AvgIpc) is 2.53. The number of rotatable bonds is 4. The van der Waals surface area contributed by atoms with Gasteiger partial charge in [0.1, 0.15) is 0 Å². The van der Waals surface area contributed by atoms with Crippen molar-refractivity contribution in [2.24, 2.45) is 0 Å². The van der Waals surface area contributed by atoms with Crippen molar-refractivity contribution in [2.75, 3.05) is 5.32 Å². The van der Waals surface area contributed by atoms with E-state index in [4.69, 9.17) is 5.11 Å². The lowest BCUT2D eigenvalue weighted by atomic mass is 10.1. The molecule has 1 aromatic heterocycles. The molecule has 3 aromatic rings. The predicted molar refractivity (Wildman–Crippen MR) is 81.4 cm³/mol. The van der Waals surface area contributed by atoms with Crippen molar-refractivity contribution in [3.63, 3.8) is 0 Å². The van der Waals surface area contributed by atoms with E-state index in [-0.39, 0.29) is 6.61 Å². The number of benzene rings is 2. The Morgan fingerprint density at radius 1 is 0.900 bits per heavy atom. The molecule has 1 heterocycles. The van der Waals surface area contributed by atoms with E-state index >= 15 is 0 Å². The number of hydrogen-bond donors (Lipinski definition) is 2. The number of para-hydroxylation sites is 1. The highest BCUT2D eigenvalue weighted by Crippen LogP contribution is 2.21. The Balaban J connectivity index is 1.79. The Labute approximate surface area is 117 Å². The van der Waals surface area contributed by atoms with Gasteiger partial charge in [-0.1, -0.05) is 42.5 Å². The molecular weight excluding hydrogens is 248 g/mol. The fraction of sp³-hybridized carbons (Fsp3) is 0.118. The first-order chi connectivity index (χ1) is 9.86. The maximum absolute atomic E-state index is 9.03. The second kappa shape index (κ2) is 5.72. The van der Waals surface area contributed by atoms with E-state index in [9.17, 15) is 0 Å². The lowest BCUT2D eigenvalue weighted by Gasteiger charge is -2.09. The number of aromatic nitrogens is 1. The van der Waals surface area contributed by atoms with Gasteiger partial charge in [0.15, 0.2) is 0 Å². The number of pyridine rings is 1. The molecule has 0 fully saturated rings. The minimum absolute atomic E-state index is 0.0860. The summed E-state index contributed by atoms with van der Waals surface area (Å²) in [4.78, 5) is 4.35. The zero-order valence-electron chi connectivity index (χ0n) is 11.1. The van der Waals surface area contributed by atoms with Gasteiger partial charge in [-0.25, -0.2) is 0 Å². The smallest absolute Gasteiger partial charge is 0.0722 e. The molecule has 2 N–H and O–H groups in total. The zero-order chi connectivity index (χ0) is 13.8. The third-order valence-corrected chi connectivity index (χ3v) is 3.34. The van der Waals surface area contributed by atoms with Crippen LogP contribution in [0.25, 0.3) is 10.9 Å². The highest BCUT2D eigenvalue weighted by atomic mass is 16.3. The number of nitrogens with zero attached hydrogens (tertiary/aromatic N) is 1. The average molecular weight is 264 g/mol. The summed E-state index contributed by atoms with van der Waals surface area (Å²) in [7, 11) is 0. The van der Waals surface area contributed by atoms with Crippen LogP contribution in [0.2, 0.25) is 0 Å². The van der Waals surface area contributed by atoms with Crippen molar-refractivity contribution in [3.8, 4) is 0 Å². The summed E-state index contributed by atoms with van der Waals surface area (Å²) in [6, 6.07) is 18.0. The monoisotopic (exact) mass is 264 g/mol. The number of fused-ring (bicyclic) bond motifs is 1. The third-order valence-electron chi connectivity index (χ3n) is 3.34. The molecule has 3 rings (SSSR count). The van der Waals surface area contributed by atoms with Crippen molar-refractivity contribution < 1.29 is 5.11 Å². The molecule has 100 valence electrons. The van der Waals surface area contributed by atoms with E-state index in [1.54, 1.807) is 0 Å². The van der Waals surface area contributed by atoms with Gasteiger partial charge in [-0.2, -0.15) is 0 Å². The van der Waals surface area contributed by atoms with Crippen LogP contribution in [0.4, 0.5) is 5.69 Å². The second-order valence-electron chi connectivity index (χ2n) is 4.70. The molecule has 0 aliphatic heterocycles. The van der Waals surface area contributed by atoms with E-state index < -0.39 is 0 Å². The van der Waals surface area contributed by atoms with Crippen molar-refractivity contribution >= 4 is 16.6 Å². The van der Waals surface area contributed by atoms with Crippen molar-refractivity contribution in [1.82, 2.24) is 4.98 Å². The summed E-state index contributed by atoms with van der Waals surface area (Å²) in [6.45, 7) is 0.836. The molecule has 0 bridgehead atoms. The number of aliphatic hydroxyl groups excluding tert-OH is 1. The molecule has 20 heavy (non-hydrogen) atoms. The molecule has 0 saturated heterocycles. The predicted octanol–water partition coefficient (Wildman–Crippen LogP) is 3.34. The lowest BCUT2D eigenvalue weighted by Crippen LogP contribution is -2.00. The Bertz CT molecular complexity index is 702. The second-order valence-corrected chi connectivity index (χ2v) is 4.70. The van der Waals surface area contributed by atoms with E-state index in [1.165, 1.54) is 5.56 Å². The van der Waals surface area contributed by atoms with Crippen LogP contribution < -0.4 is 5.32 Å². The van der Waals surface area contributed by atoms with Crippen LogP contribution in [-0.2, 0) is 13.2 Å². The molecule has 2 aromatic carbocycles. The van der Waals surface area contributed by atoms with Crippen molar-refractivity contribution in [2.45, 2.75) is 13.2 Å². The van der Waals surface area contributed by atoms with Gasteiger partial charge in [0.2, 0.25) is 0 Å². The van der Waals surface area contributed by atoms with Gasteiger partial charge in [-0.05, 0) is 23.3 Å². The van der Waals surface area contributed by atoms with Crippen LogP contribution in [-0.4, -0.2) is 10.1 Å². The molecule has 3 heteroatoms. The largest absolute Gasteiger partial charge is 0.392 e. The van der Waals surface area contributed by atoms with Gasteiger partial charge >= 0.3 is 0 Å². The van der Waals surface area contributed by atoms with Gasteiger partial charge in [-0.15, -0.1) is 0 Å². The van der Waals surface area contributed by atoms with Crippen LogP contribution in [0, 0.1) is 0 Å².